The van der Waals surface area contributed by atoms with Gasteiger partial charge in [0.05, 0.1) is 21.7 Å². The number of aromatic hydroxyl groups is 4. The van der Waals surface area contributed by atoms with Crippen LogP contribution in [0.4, 0.5) is 0 Å². The van der Waals surface area contributed by atoms with Crippen LogP contribution in [0.15, 0.2) is 24.3 Å². The van der Waals surface area contributed by atoms with Gasteiger partial charge in [-0.3, -0.25) is 19.2 Å². The third kappa shape index (κ3) is 15.4. The second-order valence-corrected chi connectivity index (χ2v) is 18.9. The number of carbonyl (C=O) groups is 4. The lowest BCUT2D eigenvalue weighted by Gasteiger charge is -2.18. The lowest BCUT2D eigenvalue weighted by Crippen LogP contribution is -2.23. The van der Waals surface area contributed by atoms with Crippen molar-refractivity contribution in [3.8, 4) is 23.0 Å². The number of phenols is 4. The van der Waals surface area contributed by atoms with Crippen LogP contribution in [0.25, 0.3) is 0 Å². The minimum absolute atomic E-state index is 0.0545. The highest BCUT2D eigenvalue weighted by molar-refractivity contribution is 5.78. The van der Waals surface area contributed by atoms with E-state index < -0.39 is 45.5 Å². The SMILES string of the molecule is CC.CC(C)(CCCCc1ccc(CCCCCCC2(C(=O)O)CC2)c(O)c1O)C(=O)O.O=C(O)C1(CCCCCCc2cc(O)c(CCCCC3(C(=O)O)CC3)cc2O)CC1. The van der Waals surface area contributed by atoms with Crippen molar-refractivity contribution in [3.05, 3.63) is 46.5 Å². The van der Waals surface area contributed by atoms with Gasteiger partial charge in [0.1, 0.15) is 11.5 Å². The third-order valence-electron chi connectivity index (χ3n) is 13.7. The van der Waals surface area contributed by atoms with Gasteiger partial charge in [-0.2, -0.15) is 0 Å². The summed E-state index contributed by atoms with van der Waals surface area (Å²) in [4.78, 5) is 44.7. The molecule has 3 aliphatic carbocycles. The van der Waals surface area contributed by atoms with E-state index in [1.165, 1.54) is 0 Å². The van der Waals surface area contributed by atoms with Crippen LogP contribution in [-0.4, -0.2) is 64.7 Å². The molecule has 3 fully saturated rings. The fraction of sp³-hybridized carbons (Fsp3) is 0.680. The number of phenolic OH excluding ortho intramolecular Hbond substituents is 4. The van der Waals surface area contributed by atoms with Gasteiger partial charge in [-0.25, -0.2) is 0 Å². The van der Waals surface area contributed by atoms with E-state index in [9.17, 15) is 54.9 Å². The second-order valence-electron chi connectivity index (χ2n) is 18.9. The Kier molecular flexibility index (Phi) is 19.9. The highest BCUT2D eigenvalue weighted by atomic mass is 16.4. The van der Waals surface area contributed by atoms with Gasteiger partial charge < -0.3 is 40.9 Å². The molecule has 0 unspecified atom stereocenters. The number of aryl methyl sites for hydroxylation is 4. The van der Waals surface area contributed by atoms with Crippen LogP contribution in [0, 0.1) is 21.7 Å². The van der Waals surface area contributed by atoms with E-state index in [0.29, 0.717) is 49.7 Å². The fourth-order valence-corrected chi connectivity index (χ4v) is 8.33. The van der Waals surface area contributed by atoms with Gasteiger partial charge in [-0.05, 0) is 164 Å². The summed E-state index contributed by atoms with van der Waals surface area (Å²) in [5.41, 5.74) is 0.737. The quantitative estimate of drug-likeness (QED) is 0.0227. The molecule has 8 N–H and O–H groups in total. The second kappa shape index (κ2) is 23.8. The summed E-state index contributed by atoms with van der Waals surface area (Å²) in [5.74, 6) is -2.54. The lowest BCUT2D eigenvalue weighted by molar-refractivity contribution is -0.147. The molecule has 0 radical (unpaired) electrons. The molecule has 0 amide bonds. The minimum Gasteiger partial charge on any atom is -0.508 e. The van der Waals surface area contributed by atoms with Crippen LogP contribution in [0.1, 0.15) is 191 Å². The molecular formula is C50H76O12. The average molecular weight is 869 g/mol. The third-order valence-corrected chi connectivity index (χ3v) is 13.7. The molecule has 0 bridgehead atoms. The summed E-state index contributed by atoms with van der Waals surface area (Å²) in [6, 6.07) is 6.98. The Balaban J connectivity index is 0.000000318. The molecule has 0 heterocycles. The maximum absolute atomic E-state index is 11.2. The molecule has 348 valence electrons. The predicted molar refractivity (Wildman–Crippen MR) is 239 cm³/mol. The number of carboxylic acid groups (broad SMARTS) is 4. The Labute approximate surface area is 368 Å². The summed E-state index contributed by atoms with van der Waals surface area (Å²) in [5, 5.41) is 78.0. The van der Waals surface area contributed by atoms with Crippen molar-refractivity contribution in [2.24, 2.45) is 21.7 Å². The standard InChI is InChI=1S/C24H34O6.C24H36O6.C2H6/c25-19-16-18(8-4-6-10-24(13-14-24)22(29)30)20(26)15-17(19)7-3-1-2-5-9-23(11-12-23)21(27)28;1-23(2,21(27)28)13-8-6-10-18-12-11-17(19(25)20(18)26)9-5-3-4-7-14-24(15-16-24)22(29)30;1-2/h15-16,25-26H,1-14H2,(H,27,28)(H,29,30);11-12,25-26H,3-10,13-16H2,1-2H3,(H,27,28)(H,29,30);1-2H3. The van der Waals surface area contributed by atoms with E-state index >= 15 is 0 Å². The van der Waals surface area contributed by atoms with Crippen molar-refractivity contribution in [2.45, 2.75) is 195 Å². The van der Waals surface area contributed by atoms with Gasteiger partial charge in [0, 0.05) is 0 Å². The molecule has 5 rings (SSSR count). The van der Waals surface area contributed by atoms with Crippen LogP contribution >= 0.6 is 0 Å². The van der Waals surface area contributed by atoms with Crippen LogP contribution in [0.2, 0.25) is 0 Å². The molecule has 2 aromatic carbocycles. The Morgan fingerprint density at radius 1 is 0.468 bits per heavy atom. The molecule has 0 atom stereocenters. The van der Waals surface area contributed by atoms with Crippen LogP contribution < -0.4 is 0 Å². The van der Waals surface area contributed by atoms with Gasteiger partial charge in [0.15, 0.2) is 11.5 Å². The Morgan fingerprint density at radius 2 is 0.758 bits per heavy atom. The zero-order valence-electron chi connectivity index (χ0n) is 37.9. The van der Waals surface area contributed by atoms with Crippen molar-refractivity contribution >= 4 is 23.9 Å². The molecule has 3 saturated carbocycles. The molecule has 12 nitrogen and oxygen atoms in total. The molecule has 0 aromatic heterocycles. The molecule has 0 saturated heterocycles. The monoisotopic (exact) mass is 869 g/mol. The van der Waals surface area contributed by atoms with E-state index in [2.05, 4.69) is 0 Å². The lowest BCUT2D eigenvalue weighted by atomic mass is 9.87. The van der Waals surface area contributed by atoms with E-state index in [4.69, 9.17) is 5.11 Å². The summed E-state index contributed by atoms with van der Waals surface area (Å²) >= 11 is 0. The smallest absolute Gasteiger partial charge is 0.309 e. The van der Waals surface area contributed by atoms with E-state index in [1.54, 1.807) is 26.0 Å². The number of hydrogen-bond donors (Lipinski definition) is 8. The molecule has 0 spiro atoms. The number of rotatable bonds is 28. The van der Waals surface area contributed by atoms with Gasteiger partial charge in [0.2, 0.25) is 0 Å². The van der Waals surface area contributed by atoms with Crippen molar-refractivity contribution in [2.75, 3.05) is 0 Å². The van der Waals surface area contributed by atoms with Gasteiger partial charge in [-0.1, -0.05) is 77.3 Å². The maximum Gasteiger partial charge on any atom is 0.309 e. The summed E-state index contributed by atoms with van der Waals surface area (Å²) in [7, 11) is 0. The Bertz CT molecular complexity index is 1720. The number of unbranched alkanes of at least 4 members (excludes halogenated alkanes) is 8. The highest BCUT2D eigenvalue weighted by Gasteiger charge is 2.50. The maximum atomic E-state index is 11.2. The van der Waals surface area contributed by atoms with Crippen LogP contribution in [0.5, 0.6) is 23.0 Å². The van der Waals surface area contributed by atoms with Crippen molar-refractivity contribution in [1.29, 1.82) is 0 Å². The Morgan fingerprint density at radius 3 is 1.08 bits per heavy atom. The van der Waals surface area contributed by atoms with Crippen molar-refractivity contribution in [1.82, 2.24) is 0 Å². The topological polar surface area (TPSA) is 230 Å². The van der Waals surface area contributed by atoms with E-state index in [-0.39, 0.29) is 23.0 Å². The fourth-order valence-electron chi connectivity index (χ4n) is 8.33. The number of aliphatic carboxylic acids is 4. The average Bonchev–Trinajstić information content (AvgIpc) is 4.11. The predicted octanol–water partition coefficient (Wildman–Crippen LogP) is 11.3. The van der Waals surface area contributed by atoms with E-state index in [0.717, 1.165) is 140 Å². The summed E-state index contributed by atoms with van der Waals surface area (Å²) < 4.78 is 0. The van der Waals surface area contributed by atoms with Crippen LogP contribution in [0.3, 0.4) is 0 Å². The Hall–Kier alpha value is -4.48. The minimum atomic E-state index is -0.804. The molecule has 62 heavy (non-hydrogen) atoms. The van der Waals surface area contributed by atoms with Crippen molar-refractivity contribution in [3.63, 3.8) is 0 Å². The van der Waals surface area contributed by atoms with E-state index in [1.807, 2.05) is 26.0 Å². The molecule has 12 heteroatoms. The normalized spacial score (nSPS) is 16.2. The van der Waals surface area contributed by atoms with Crippen molar-refractivity contribution < 1.29 is 60.0 Å². The number of hydrogen-bond acceptors (Lipinski definition) is 8. The van der Waals surface area contributed by atoms with Gasteiger partial charge in [-0.15, -0.1) is 0 Å². The first-order valence-corrected chi connectivity index (χ1v) is 23.4. The first-order valence-electron chi connectivity index (χ1n) is 23.4. The molecule has 0 aliphatic heterocycles. The molecule has 2 aromatic rings. The van der Waals surface area contributed by atoms with Gasteiger partial charge >= 0.3 is 23.9 Å². The first kappa shape index (κ1) is 51.9. The van der Waals surface area contributed by atoms with Gasteiger partial charge in [0.25, 0.3) is 0 Å². The number of benzene rings is 2. The molecule has 3 aliphatic rings. The number of carboxylic acids is 4. The summed E-state index contributed by atoms with van der Waals surface area (Å²) in [6.45, 7) is 7.42. The summed E-state index contributed by atoms with van der Waals surface area (Å²) in [6.07, 6.45) is 20.7. The highest BCUT2D eigenvalue weighted by Crippen LogP contribution is 2.51. The van der Waals surface area contributed by atoms with Crippen LogP contribution in [-0.2, 0) is 44.9 Å². The zero-order valence-corrected chi connectivity index (χ0v) is 37.9. The first-order chi connectivity index (χ1) is 29.4. The largest absolute Gasteiger partial charge is 0.508 e. The zero-order chi connectivity index (χ0) is 46.1. The molecular weight excluding hydrogens is 793 g/mol.